The number of anilines is 2. The number of para-hydroxylation sites is 2. The molecule has 0 unspecified atom stereocenters. The highest BCUT2D eigenvalue weighted by Crippen LogP contribution is 2.31. The third-order valence-electron chi connectivity index (χ3n) is 5.19. The molecule has 0 fully saturated rings. The molecule has 2 aromatic carbocycles. The van der Waals surface area contributed by atoms with Crippen LogP contribution in [0.2, 0.25) is 0 Å². The SMILES string of the molecule is C[C@@H]1CC[C@H](O)c2ccccc2N1.C[C@H]1CC[C@@H](O)c2ccccc2N1. The second kappa shape index (κ2) is 8.56. The van der Waals surface area contributed by atoms with E-state index in [1.807, 2.05) is 48.5 Å². The molecule has 2 aromatic rings. The summed E-state index contributed by atoms with van der Waals surface area (Å²) in [4.78, 5) is 0. The first-order valence-electron chi connectivity index (χ1n) is 9.61. The summed E-state index contributed by atoms with van der Waals surface area (Å²) < 4.78 is 0. The second-order valence-corrected chi connectivity index (χ2v) is 7.45. The molecular formula is C22H30N2O2. The van der Waals surface area contributed by atoms with Gasteiger partial charge in [0.05, 0.1) is 12.2 Å². The van der Waals surface area contributed by atoms with Gasteiger partial charge in [-0.25, -0.2) is 0 Å². The van der Waals surface area contributed by atoms with Crippen molar-refractivity contribution < 1.29 is 10.2 Å². The summed E-state index contributed by atoms with van der Waals surface area (Å²) in [6, 6.07) is 16.9. The number of rotatable bonds is 0. The maximum Gasteiger partial charge on any atom is 0.0810 e. The monoisotopic (exact) mass is 354 g/mol. The van der Waals surface area contributed by atoms with Crippen molar-refractivity contribution in [1.82, 2.24) is 0 Å². The van der Waals surface area contributed by atoms with E-state index in [-0.39, 0.29) is 12.2 Å². The molecule has 0 saturated carbocycles. The van der Waals surface area contributed by atoms with Crippen LogP contribution < -0.4 is 10.6 Å². The maximum absolute atomic E-state index is 9.82. The van der Waals surface area contributed by atoms with Gasteiger partial charge in [-0.1, -0.05) is 36.4 Å². The number of fused-ring (bicyclic) bond motifs is 2. The Balaban J connectivity index is 0.000000151. The zero-order chi connectivity index (χ0) is 18.5. The quantitative estimate of drug-likeness (QED) is 0.557. The Labute approximate surface area is 156 Å². The van der Waals surface area contributed by atoms with Crippen LogP contribution in [0.5, 0.6) is 0 Å². The summed E-state index contributed by atoms with van der Waals surface area (Å²) >= 11 is 0. The van der Waals surface area contributed by atoms with Crippen LogP contribution in [0.25, 0.3) is 0 Å². The predicted molar refractivity (Wildman–Crippen MR) is 107 cm³/mol. The Bertz CT molecular complexity index is 657. The highest BCUT2D eigenvalue weighted by Gasteiger charge is 2.19. The van der Waals surface area contributed by atoms with E-state index in [0.717, 1.165) is 48.2 Å². The van der Waals surface area contributed by atoms with Crippen LogP contribution in [0.1, 0.15) is 62.9 Å². The van der Waals surface area contributed by atoms with E-state index in [2.05, 4.69) is 24.5 Å². The number of nitrogens with one attached hydrogen (secondary N) is 2. The molecule has 0 spiro atoms. The average molecular weight is 354 g/mol. The lowest BCUT2D eigenvalue weighted by atomic mass is 10.0. The number of aliphatic hydroxyl groups excluding tert-OH is 2. The van der Waals surface area contributed by atoms with Gasteiger partial charge in [0.25, 0.3) is 0 Å². The van der Waals surface area contributed by atoms with Gasteiger partial charge >= 0.3 is 0 Å². The molecule has 4 nitrogen and oxygen atoms in total. The predicted octanol–water partition coefficient (Wildman–Crippen LogP) is 4.63. The molecule has 4 rings (SSSR count). The third-order valence-corrected chi connectivity index (χ3v) is 5.19. The van der Waals surface area contributed by atoms with Crippen LogP contribution in [-0.4, -0.2) is 22.3 Å². The molecule has 0 aliphatic carbocycles. The smallest absolute Gasteiger partial charge is 0.0810 e. The number of benzene rings is 2. The molecule has 0 saturated heterocycles. The fraction of sp³-hybridized carbons (Fsp3) is 0.455. The Morgan fingerprint density at radius 2 is 1.04 bits per heavy atom. The molecule has 4 heteroatoms. The second-order valence-electron chi connectivity index (χ2n) is 7.45. The van der Waals surface area contributed by atoms with Crippen LogP contribution in [0.4, 0.5) is 11.4 Å². The molecule has 0 aromatic heterocycles. The largest absolute Gasteiger partial charge is 0.388 e. The van der Waals surface area contributed by atoms with E-state index in [4.69, 9.17) is 0 Å². The highest BCUT2D eigenvalue weighted by molar-refractivity contribution is 5.54. The summed E-state index contributed by atoms with van der Waals surface area (Å²) in [5.74, 6) is 0. The fourth-order valence-electron chi connectivity index (χ4n) is 3.64. The van der Waals surface area contributed by atoms with Crippen molar-refractivity contribution >= 4 is 11.4 Å². The van der Waals surface area contributed by atoms with Gasteiger partial charge in [-0.05, 0) is 51.7 Å². The molecule has 2 heterocycles. The third kappa shape index (κ3) is 4.57. The summed E-state index contributed by atoms with van der Waals surface area (Å²) in [5, 5.41) is 26.4. The lowest BCUT2D eigenvalue weighted by molar-refractivity contribution is 0.166. The maximum atomic E-state index is 9.82. The molecule has 2 aliphatic rings. The normalized spacial score (nSPS) is 27.2. The van der Waals surface area contributed by atoms with Gasteiger partial charge in [-0.15, -0.1) is 0 Å². The van der Waals surface area contributed by atoms with E-state index in [0.29, 0.717) is 12.1 Å². The Hall–Kier alpha value is -2.04. The van der Waals surface area contributed by atoms with Crippen molar-refractivity contribution in [3.63, 3.8) is 0 Å². The van der Waals surface area contributed by atoms with Crippen molar-refractivity contribution in [3.05, 3.63) is 59.7 Å². The average Bonchev–Trinajstić information content (AvgIpc) is 2.88. The topological polar surface area (TPSA) is 64.5 Å². The van der Waals surface area contributed by atoms with Gasteiger partial charge in [0.15, 0.2) is 0 Å². The minimum Gasteiger partial charge on any atom is -0.388 e. The van der Waals surface area contributed by atoms with Crippen molar-refractivity contribution in [2.24, 2.45) is 0 Å². The van der Waals surface area contributed by atoms with E-state index in [1.165, 1.54) is 0 Å². The van der Waals surface area contributed by atoms with E-state index < -0.39 is 0 Å². The molecule has 2 aliphatic heterocycles. The van der Waals surface area contributed by atoms with Crippen LogP contribution >= 0.6 is 0 Å². The van der Waals surface area contributed by atoms with Crippen LogP contribution in [-0.2, 0) is 0 Å². The first-order valence-corrected chi connectivity index (χ1v) is 9.61. The summed E-state index contributed by atoms with van der Waals surface area (Å²) in [5.41, 5.74) is 4.23. The van der Waals surface area contributed by atoms with E-state index in [1.54, 1.807) is 0 Å². The fourth-order valence-corrected chi connectivity index (χ4v) is 3.64. The van der Waals surface area contributed by atoms with Crippen LogP contribution in [0, 0.1) is 0 Å². The minimum atomic E-state index is -0.298. The Morgan fingerprint density at radius 1 is 0.654 bits per heavy atom. The van der Waals surface area contributed by atoms with Crippen LogP contribution in [0.3, 0.4) is 0 Å². The molecule has 0 bridgehead atoms. The number of hydrogen-bond acceptors (Lipinski definition) is 4. The van der Waals surface area contributed by atoms with Gasteiger partial charge in [-0.3, -0.25) is 0 Å². The van der Waals surface area contributed by atoms with E-state index >= 15 is 0 Å². The van der Waals surface area contributed by atoms with Crippen molar-refractivity contribution in [1.29, 1.82) is 0 Å². The zero-order valence-electron chi connectivity index (χ0n) is 15.7. The molecule has 4 atom stereocenters. The molecule has 0 radical (unpaired) electrons. The molecular weight excluding hydrogens is 324 g/mol. The van der Waals surface area contributed by atoms with E-state index in [9.17, 15) is 10.2 Å². The molecule has 4 N–H and O–H groups in total. The summed E-state index contributed by atoms with van der Waals surface area (Å²) in [6.45, 7) is 4.30. The standard InChI is InChI=1S/2C11H15NO/c2*1-8-6-7-11(13)9-4-2-3-5-10(9)12-8/h2*2-5,8,11-13H,6-7H2,1H3/t2*8-,11+/m10/s1. The first kappa shape index (κ1) is 18.7. The number of aliphatic hydroxyl groups is 2. The molecule has 140 valence electrons. The highest BCUT2D eigenvalue weighted by atomic mass is 16.3. The summed E-state index contributed by atoms with van der Waals surface area (Å²) in [7, 11) is 0. The Morgan fingerprint density at radius 3 is 1.46 bits per heavy atom. The molecule has 26 heavy (non-hydrogen) atoms. The van der Waals surface area contributed by atoms with Gasteiger partial charge in [0.1, 0.15) is 0 Å². The number of hydrogen-bond donors (Lipinski definition) is 4. The van der Waals surface area contributed by atoms with Crippen molar-refractivity contribution in [2.75, 3.05) is 10.6 Å². The minimum absolute atomic E-state index is 0.298. The summed E-state index contributed by atoms with van der Waals surface area (Å²) in [6.07, 6.45) is 3.16. The van der Waals surface area contributed by atoms with Gasteiger partial charge in [0, 0.05) is 34.6 Å². The van der Waals surface area contributed by atoms with Gasteiger partial charge in [-0.2, -0.15) is 0 Å². The Kier molecular flexibility index (Phi) is 6.17. The van der Waals surface area contributed by atoms with Crippen molar-refractivity contribution in [3.8, 4) is 0 Å². The molecule has 0 amide bonds. The van der Waals surface area contributed by atoms with Gasteiger partial charge < -0.3 is 20.8 Å². The zero-order valence-corrected chi connectivity index (χ0v) is 15.7. The van der Waals surface area contributed by atoms with Crippen LogP contribution in [0.15, 0.2) is 48.5 Å². The lowest BCUT2D eigenvalue weighted by Gasteiger charge is -2.12. The van der Waals surface area contributed by atoms with Gasteiger partial charge in [0.2, 0.25) is 0 Å². The van der Waals surface area contributed by atoms with Crippen molar-refractivity contribution in [2.45, 2.75) is 63.8 Å². The first-order chi connectivity index (χ1) is 12.5. The lowest BCUT2D eigenvalue weighted by Crippen LogP contribution is -2.12.